The third-order valence-corrected chi connectivity index (χ3v) is 3.90. The summed E-state index contributed by atoms with van der Waals surface area (Å²) in [4.78, 5) is 25.6. The molecule has 0 radical (unpaired) electrons. The molecule has 22 heavy (non-hydrogen) atoms. The van der Waals surface area contributed by atoms with Gasteiger partial charge in [0, 0.05) is 18.4 Å². The molecule has 1 unspecified atom stereocenters. The highest BCUT2D eigenvalue weighted by Crippen LogP contribution is 2.35. The summed E-state index contributed by atoms with van der Waals surface area (Å²) in [5.41, 5.74) is 2.39. The van der Waals surface area contributed by atoms with E-state index in [1.165, 1.54) is 0 Å². The third-order valence-electron chi connectivity index (χ3n) is 3.90. The van der Waals surface area contributed by atoms with Crippen molar-refractivity contribution in [3.8, 4) is 0 Å². The SMILES string of the molecule is Cc1cnn(CC(=O)N2CCC(C(=O)O)c3ccccc32)c1. The van der Waals surface area contributed by atoms with Gasteiger partial charge < -0.3 is 10.0 Å². The highest BCUT2D eigenvalue weighted by molar-refractivity contribution is 5.96. The molecule has 1 aromatic heterocycles. The monoisotopic (exact) mass is 299 g/mol. The summed E-state index contributed by atoms with van der Waals surface area (Å²) in [5.74, 6) is -1.48. The van der Waals surface area contributed by atoms with Crippen molar-refractivity contribution >= 4 is 17.6 Å². The van der Waals surface area contributed by atoms with Crippen LogP contribution in [0.4, 0.5) is 5.69 Å². The molecule has 0 aliphatic carbocycles. The lowest BCUT2D eigenvalue weighted by Gasteiger charge is -2.32. The molecule has 0 spiro atoms. The van der Waals surface area contributed by atoms with Crippen molar-refractivity contribution in [2.45, 2.75) is 25.8 Å². The quantitative estimate of drug-likeness (QED) is 0.937. The van der Waals surface area contributed by atoms with Crippen LogP contribution in [0.25, 0.3) is 0 Å². The second-order valence-electron chi connectivity index (χ2n) is 5.50. The van der Waals surface area contributed by atoms with Crippen molar-refractivity contribution < 1.29 is 14.7 Å². The van der Waals surface area contributed by atoms with E-state index in [2.05, 4.69) is 5.10 Å². The maximum Gasteiger partial charge on any atom is 0.311 e. The molecule has 0 saturated heterocycles. The van der Waals surface area contributed by atoms with Crippen LogP contribution >= 0.6 is 0 Å². The molecule has 6 nitrogen and oxygen atoms in total. The van der Waals surface area contributed by atoms with Crippen LogP contribution in [0.1, 0.15) is 23.5 Å². The first-order chi connectivity index (χ1) is 10.6. The Hall–Kier alpha value is -2.63. The van der Waals surface area contributed by atoms with Crippen LogP contribution in [0.5, 0.6) is 0 Å². The smallest absolute Gasteiger partial charge is 0.311 e. The molecule has 0 fully saturated rings. The minimum atomic E-state index is -0.845. The number of amides is 1. The molecule has 1 aromatic carbocycles. The molecule has 1 amide bonds. The Balaban J connectivity index is 1.87. The first-order valence-corrected chi connectivity index (χ1v) is 7.17. The van der Waals surface area contributed by atoms with Gasteiger partial charge >= 0.3 is 5.97 Å². The van der Waals surface area contributed by atoms with E-state index in [0.717, 1.165) is 5.56 Å². The molecular weight excluding hydrogens is 282 g/mol. The normalized spacial score (nSPS) is 17.1. The van der Waals surface area contributed by atoms with Gasteiger partial charge in [0.05, 0.1) is 12.1 Å². The second kappa shape index (κ2) is 5.63. The van der Waals surface area contributed by atoms with Gasteiger partial charge in [-0.3, -0.25) is 14.3 Å². The van der Waals surface area contributed by atoms with Crippen molar-refractivity contribution in [2.24, 2.45) is 0 Å². The fourth-order valence-electron chi connectivity index (χ4n) is 2.86. The van der Waals surface area contributed by atoms with E-state index in [1.54, 1.807) is 34.0 Å². The lowest BCUT2D eigenvalue weighted by Crippen LogP contribution is -2.40. The van der Waals surface area contributed by atoms with Gasteiger partial charge in [0.1, 0.15) is 6.54 Å². The van der Waals surface area contributed by atoms with Crippen LogP contribution < -0.4 is 4.90 Å². The van der Waals surface area contributed by atoms with E-state index in [1.807, 2.05) is 19.2 Å². The topological polar surface area (TPSA) is 75.4 Å². The minimum absolute atomic E-state index is 0.0839. The number of aromatic nitrogens is 2. The summed E-state index contributed by atoms with van der Waals surface area (Å²) in [5, 5.41) is 13.5. The van der Waals surface area contributed by atoms with E-state index in [9.17, 15) is 14.7 Å². The van der Waals surface area contributed by atoms with Gasteiger partial charge in [0.2, 0.25) is 5.91 Å². The maximum absolute atomic E-state index is 12.5. The van der Waals surface area contributed by atoms with Crippen molar-refractivity contribution in [3.63, 3.8) is 0 Å². The molecule has 114 valence electrons. The van der Waals surface area contributed by atoms with Gasteiger partial charge in [0.15, 0.2) is 0 Å². The number of aryl methyl sites for hydroxylation is 1. The summed E-state index contributed by atoms with van der Waals surface area (Å²) < 4.78 is 1.60. The maximum atomic E-state index is 12.5. The number of para-hydroxylation sites is 1. The van der Waals surface area contributed by atoms with Gasteiger partial charge in [0.25, 0.3) is 0 Å². The molecule has 0 saturated carbocycles. The molecule has 1 aliphatic heterocycles. The Morgan fingerprint density at radius 1 is 1.36 bits per heavy atom. The Bertz CT molecular complexity index is 723. The fourth-order valence-corrected chi connectivity index (χ4v) is 2.86. The first-order valence-electron chi connectivity index (χ1n) is 7.17. The molecular formula is C16H17N3O3. The number of carbonyl (C=O) groups is 2. The van der Waals surface area contributed by atoms with Gasteiger partial charge in [-0.2, -0.15) is 5.10 Å². The number of benzene rings is 1. The highest BCUT2D eigenvalue weighted by atomic mass is 16.4. The zero-order chi connectivity index (χ0) is 15.7. The Kier molecular flexibility index (Phi) is 3.66. The van der Waals surface area contributed by atoms with Crippen LogP contribution in [0, 0.1) is 6.92 Å². The molecule has 3 rings (SSSR count). The molecule has 1 aliphatic rings. The molecule has 6 heteroatoms. The van der Waals surface area contributed by atoms with E-state index < -0.39 is 11.9 Å². The fraction of sp³-hybridized carbons (Fsp3) is 0.312. The van der Waals surface area contributed by atoms with Crippen molar-refractivity contribution in [3.05, 3.63) is 47.8 Å². The number of hydrogen-bond donors (Lipinski definition) is 1. The van der Waals surface area contributed by atoms with Gasteiger partial charge in [-0.1, -0.05) is 18.2 Å². The lowest BCUT2D eigenvalue weighted by molar-refractivity contribution is -0.139. The molecule has 1 N–H and O–H groups in total. The molecule has 1 atom stereocenters. The number of carboxylic acid groups (broad SMARTS) is 1. The average Bonchev–Trinajstić information content (AvgIpc) is 2.90. The first kappa shape index (κ1) is 14.3. The summed E-state index contributed by atoms with van der Waals surface area (Å²) in [6.45, 7) is 2.48. The van der Waals surface area contributed by atoms with Gasteiger partial charge in [-0.05, 0) is 30.5 Å². The second-order valence-corrected chi connectivity index (χ2v) is 5.50. The summed E-state index contributed by atoms with van der Waals surface area (Å²) in [6, 6.07) is 7.21. The van der Waals surface area contributed by atoms with E-state index in [4.69, 9.17) is 0 Å². The predicted octanol–water partition coefficient (Wildman–Crippen LogP) is 1.80. The Morgan fingerprint density at radius 2 is 2.14 bits per heavy atom. The lowest BCUT2D eigenvalue weighted by atomic mass is 9.90. The van der Waals surface area contributed by atoms with E-state index >= 15 is 0 Å². The van der Waals surface area contributed by atoms with E-state index in [-0.39, 0.29) is 12.5 Å². The minimum Gasteiger partial charge on any atom is -0.481 e. The summed E-state index contributed by atoms with van der Waals surface area (Å²) >= 11 is 0. The standard InChI is InChI=1S/C16H17N3O3/c1-11-8-17-18(9-11)10-15(20)19-7-6-13(16(21)22)12-4-2-3-5-14(12)19/h2-5,8-9,13H,6-7,10H2,1H3,(H,21,22). The number of hydrogen-bond acceptors (Lipinski definition) is 3. The number of rotatable bonds is 3. The number of anilines is 1. The van der Waals surface area contributed by atoms with Crippen molar-refractivity contribution in [1.29, 1.82) is 0 Å². The van der Waals surface area contributed by atoms with Crippen molar-refractivity contribution in [1.82, 2.24) is 9.78 Å². The number of carbonyl (C=O) groups excluding carboxylic acids is 1. The molecule has 2 heterocycles. The van der Waals surface area contributed by atoms with Crippen LogP contribution in [-0.4, -0.2) is 33.3 Å². The van der Waals surface area contributed by atoms with Crippen molar-refractivity contribution in [2.75, 3.05) is 11.4 Å². The zero-order valence-electron chi connectivity index (χ0n) is 12.3. The predicted molar refractivity (Wildman–Crippen MR) is 80.8 cm³/mol. The number of fused-ring (bicyclic) bond motifs is 1. The molecule has 2 aromatic rings. The van der Waals surface area contributed by atoms with Crippen LogP contribution in [0.15, 0.2) is 36.7 Å². The number of nitrogens with zero attached hydrogens (tertiary/aromatic N) is 3. The molecule has 0 bridgehead atoms. The summed E-state index contributed by atoms with van der Waals surface area (Å²) in [7, 11) is 0. The van der Waals surface area contributed by atoms with Gasteiger partial charge in [-0.25, -0.2) is 0 Å². The average molecular weight is 299 g/mol. The van der Waals surface area contributed by atoms with Crippen LogP contribution in [-0.2, 0) is 16.1 Å². The van der Waals surface area contributed by atoms with E-state index in [0.29, 0.717) is 24.2 Å². The largest absolute Gasteiger partial charge is 0.481 e. The Morgan fingerprint density at radius 3 is 2.82 bits per heavy atom. The summed E-state index contributed by atoms with van der Waals surface area (Å²) in [6.07, 6.45) is 3.95. The number of carboxylic acids is 1. The highest BCUT2D eigenvalue weighted by Gasteiger charge is 2.32. The number of aliphatic carboxylic acids is 1. The Labute approximate surface area is 128 Å². The third kappa shape index (κ3) is 2.59. The van der Waals surface area contributed by atoms with Gasteiger partial charge in [-0.15, -0.1) is 0 Å². The van der Waals surface area contributed by atoms with Crippen LogP contribution in [0.2, 0.25) is 0 Å². The van der Waals surface area contributed by atoms with Crippen LogP contribution in [0.3, 0.4) is 0 Å². The zero-order valence-corrected chi connectivity index (χ0v) is 12.3.